The topological polar surface area (TPSA) is 118 Å². The van der Waals surface area contributed by atoms with E-state index < -0.39 is 10.2 Å². The molecule has 10 heteroatoms. The number of rotatable bonds is 3. The number of hydrogen-bond acceptors (Lipinski definition) is 7. The van der Waals surface area contributed by atoms with E-state index in [2.05, 4.69) is 20.4 Å². The summed E-state index contributed by atoms with van der Waals surface area (Å²) in [5.74, 6) is 1.39. The van der Waals surface area contributed by atoms with E-state index in [0.29, 0.717) is 37.6 Å². The summed E-state index contributed by atoms with van der Waals surface area (Å²) in [5, 5.41) is 12.6. The lowest BCUT2D eigenvalue weighted by molar-refractivity contribution is 0.190. The second-order valence-electron chi connectivity index (χ2n) is 5.91. The van der Waals surface area contributed by atoms with Crippen LogP contribution in [0.15, 0.2) is 4.52 Å². The highest BCUT2D eigenvalue weighted by Gasteiger charge is 2.31. The molecule has 2 fully saturated rings. The van der Waals surface area contributed by atoms with E-state index in [1.165, 1.54) is 4.31 Å². The van der Waals surface area contributed by atoms with Crippen LogP contribution in [0.1, 0.15) is 36.5 Å². The van der Waals surface area contributed by atoms with E-state index >= 15 is 0 Å². The van der Waals surface area contributed by atoms with Crippen molar-refractivity contribution in [2.24, 2.45) is 5.14 Å². The van der Waals surface area contributed by atoms with Gasteiger partial charge in [0, 0.05) is 38.6 Å². The van der Waals surface area contributed by atoms with Crippen molar-refractivity contribution in [3.05, 3.63) is 11.7 Å². The molecular formula is C12H22N6O3S. The van der Waals surface area contributed by atoms with Crippen LogP contribution >= 0.6 is 0 Å². The minimum Gasteiger partial charge on any atom is -0.339 e. The van der Waals surface area contributed by atoms with Crippen LogP contribution in [0.25, 0.3) is 0 Å². The Morgan fingerprint density at radius 1 is 1.32 bits per heavy atom. The van der Waals surface area contributed by atoms with E-state index in [9.17, 15) is 8.42 Å². The first-order valence-corrected chi connectivity index (χ1v) is 8.98. The zero-order chi connectivity index (χ0) is 15.7. The molecule has 124 valence electrons. The highest BCUT2D eigenvalue weighted by molar-refractivity contribution is 7.86. The van der Waals surface area contributed by atoms with E-state index in [-0.39, 0.29) is 12.0 Å². The third-order valence-corrected chi connectivity index (χ3v) is 5.51. The molecule has 1 unspecified atom stereocenters. The molecule has 1 aromatic heterocycles. The Hall–Kier alpha value is -1.07. The average Bonchev–Trinajstić information content (AvgIpc) is 2.96. The summed E-state index contributed by atoms with van der Waals surface area (Å²) in [6, 6.07) is 0.121. The summed E-state index contributed by atoms with van der Waals surface area (Å²) >= 11 is 0. The van der Waals surface area contributed by atoms with Crippen molar-refractivity contribution < 1.29 is 12.9 Å². The van der Waals surface area contributed by atoms with Crippen LogP contribution < -0.4 is 10.5 Å². The molecule has 3 rings (SSSR count). The maximum absolute atomic E-state index is 11.3. The molecule has 1 aromatic rings. The number of piperidine rings is 1. The Morgan fingerprint density at radius 2 is 2.05 bits per heavy atom. The zero-order valence-corrected chi connectivity index (χ0v) is 13.4. The normalized spacial score (nSPS) is 26.4. The van der Waals surface area contributed by atoms with Gasteiger partial charge in [-0.25, -0.2) is 5.14 Å². The smallest absolute Gasteiger partial charge is 0.276 e. The maximum Gasteiger partial charge on any atom is 0.276 e. The lowest BCUT2D eigenvalue weighted by atomic mass is 9.98. The zero-order valence-electron chi connectivity index (χ0n) is 12.6. The predicted molar refractivity (Wildman–Crippen MR) is 79.2 cm³/mol. The number of likely N-dealkylation sites (N-methyl/N-ethyl adjacent to an activating group) is 1. The fraction of sp³-hybridized carbons (Fsp3) is 0.833. The van der Waals surface area contributed by atoms with E-state index in [0.717, 1.165) is 19.6 Å². The van der Waals surface area contributed by atoms with Crippen LogP contribution in [0.4, 0.5) is 0 Å². The second kappa shape index (κ2) is 6.20. The SMILES string of the molecule is CN1CCNCC1c1noc(C2CCN(S(N)(=O)=O)CC2)n1. The summed E-state index contributed by atoms with van der Waals surface area (Å²) in [5.41, 5.74) is 0. The van der Waals surface area contributed by atoms with Gasteiger partial charge in [-0.1, -0.05) is 5.16 Å². The van der Waals surface area contributed by atoms with Gasteiger partial charge < -0.3 is 9.84 Å². The first kappa shape index (κ1) is 15.8. The van der Waals surface area contributed by atoms with Gasteiger partial charge in [0.2, 0.25) is 5.89 Å². The Bertz CT molecular complexity index is 610. The van der Waals surface area contributed by atoms with E-state index in [4.69, 9.17) is 9.66 Å². The minimum atomic E-state index is -3.60. The van der Waals surface area contributed by atoms with Crippen LogP contribution in [0, 0.1) is 0 Å². The number of nitrogens with one attached hydrogen (secondary N) is 1. The number of piperazine rings is 1. The Balaban J connectivity index is 1.65. The number of aromatic nitrogens is 2. The molecule has 0 bridgehead atoms. The minimum absolute atomic E-state index is 0.0982. The molecule has 22 heavy (non-hydrogen) atoms. The molecule has 0 amide bonds. The van der Waals surface area contributed by atoms with Crippen molar-refractivity contribution >= 4 is 10.2 Å². The van der Waals surface area contributed by atoms with Crippen molar-refractivity contribution in [3.8, 4) is 0 Å². The van der Waals surface area contributed by atoms with Crippen LogP contribution in [0.2, 0.25) is 0 Å². The molecule has 1 atom stereocenters. The lowest BCUT2D eigenvalue weighted by Crippen LogP contribution is -2.44. The largest absolute Gasteiger partial charge is 0.339 e. The van der Waals surface area contributed by atoms with E-state index in [1.807, 2.05) is 7.05 Å². The van der Waals surface area contributed by atoms with Crippen LogP contribution in [0.5, 0.6) is 0 Å². The van der Waals surface area contributed by atoms with Crippen molar-refractivity contribution in [2.45, 2.75) is 24.8 Å². The summed E-state index contributed by atoms with van der Waals surface area (Å²) in [6.07, 6.45) is 1.30. The van der Waals surface area contributed by atoms with Gasteiger partial charge in [-0.05, 0) is 19.9 Å². The van der Waals surface area contributed by atoms with Crippen LogP contribution in [-0.4, -0.2) is 67.5 Å². The standard InChI is InChI=1S/C12H22N6O3S/c1-17-7-4-14-8-10(17)11-15-12(21-16-11)9-2-5-18(6-3-9)22(13,19)20/h9-10,14H,2-8H2,1H3,(H2,13,19,20). The second-order valence-corrected chi connectivity index (χ2v) is 7.46. The Kier molecular flexibility index (Phi) is 4.46. The molecule has 3 heterocycles. The van der Waals surface area contributed by atoms with Crippen LogP contribution in [-0.2, 0) is 10.2 Å². The first-order valence-electron chi connectivity index (χ1n) is 7.47. The highest BCUT2D eigenvalue weighted by Crippen LogP contribution is 2.29. The molecule has 9 nitrogen and oxygen atoms in total. The number of nitrogens with two attached hydrogens (primary N) is 1. The fourth-order valence-electron chi connectivity index (χ4n) is 3.00. The van der Waals surface area contributed by atoms with Crippen molar-refractivity contribution in [1.29, 1.82) is 0 Å². The van der Waals surface area contributed by atoms with E-state index in [1.54, 1.807) is 0 Å². The highest BCUT2D eigenvalue weighted by atomic mass is 32.2. The van der Waals surface area contributed by atoms with Crippen LogP contribution in [0.3, 0.4) is 0 Å². The quantitative estimate of drug-likeness (QED) is 0.732. The third kappa shape index (κ3) is 3.30. The molecule has 0 aromatic carbocycles. The van der Waals surface area contributed by atoms with Crippen molar-refractivity contribution in [1.82, 2.24) is 24.7 Å². The van der Waals surface area contributed by atoms with Gasteiger partial charge in [-0.15, -0.1) is 0 Å². The fourth-order valence-corrected chi connectivity index (χ4v) is 3.72. The van der Waals surface area contributed by atoms with Crippen molar-refractivity contribution in [2.75, 3.05) is 39.8 Å². The van der Waals surface area contributed by atoms with Gasteiger partial charge in [0.1, 0.15) is 0 Å². The maximum atomic E-state index is 11.3. The van der Waals surface area contributed by atoms with Gasteiger partial charge in [-0.2, -0.15) is 17.7 Å². The molecule has 3 N–H and O–H groups in total. The molecule has 2 aliphatic heterocycles. The van der Waals surface area contributed by atoms with Gasteiger partial charge in [-0.3, -0.25) is 4.90 Å². The number of hydrogen-bond donors (Lipinski definition) is 2. The molecule has 2 saturated heterocycles. The number of nitrogens with zero attached hydrogens (tertiary/aromatic N) is 4. The summed E-state index contributed by atoms with van der Waals surface area (Å²) in [4.78, 5) is 6.74. The summed E-state index contributed by atoms with van der Waals surface area (Å²) < 4.78 is 29.3. The third-order valence-electron chi connectivity index (χ3n) is 4.43. The first-order chi connectivity index (χ1) is 10.4. The molecule has 0 aliphatic carbocycles. The Labute approximate surface area is 130 Å². The van der Waals surface area contributed by atoms with Crippen molar-refractivity contribution in [3.63, 3.8) is 0 Å². The summed E-state index contributed by atoms with van der Waals surface area (Å²) in [7, 11) is -1.55. The van der Waals surface area contributed by atoms with Gasteiger partial charge in [0.15, 0.2) is 5.82 Å². The monoisotopic (exact) mass is 330 g/mol. The molecule has 2 aliphatic rings. The molecule has 0 spiro atoms. The molecule has 0 radical (unpaired) electrons. The lowest BCUT2D eigenvalue weighted by Gasteiger charge is -2.30. The summed E-state index contributed by atoms with van der Waals surface area (Å²) in [6.45, 7) is 3.50. The Morgan fingerprint density at radius 3 is 2.68 bits per heavy atom. The van der Waals surface area contributed by atoms with Gasteiger partial charge in [0.05, 0.1) is 6.04 Å². The van der Waals surface area contributed by atoms with Gasteiger partial charge >= 0.3 is 0 Å². The average molecular weight is 330 g/mol. The molecular weight excluding hydrogens is 308 g/mol. The molecule has 0 saturated carbocycles. The van der Waals surface area contributed by atoms with Gasteiger partial charge in [0.25, 0.3) is 10.2 Å². The predicted octanol–water partition coefficient (Wildman–Crippen LogP) is -0.971.